The Balaban J connectivity index is 0.00000180. The number of benzene rings is 1. The summed E-state index contributed by atoms with van der Waals surface area (Å²) in [5, 5.41) is 1.41. The summed E-state index contributed by atoms with van der Waals surface area (Å²) in [6.07, 6.45) is 0. The topological polar surface area (TPSA) is 8.29 Å². The Morgan fingerprint density at radius 3 is 2.30 bits per heavy atom. The van der Waals surface area contributed by atoms with Crippen LogP contribution in [0.1, 0.15) is 54.9 Å². The predicted molar refractivity (Wildman–Crippen MR) is 117 cm³/mol. The van der Waals surface area contributed by atoms with Gasteiger partial charge in [0.05, 0.1) is 0 Å². The second kappa shape index (κ2) is 5.45. The lowest BCUT2D eigenvalue weighted by Crippen LogP contribution is -2.51. The smallest absolute Gasteiger partial charge is 0.217 e. The minimum atomic E-state index is -0.0406. The molecule has 4 aromatic rings. The summed E-state index contributed by atoms with van der Waals surface area (Å²) in [6, 6.07) is 8.86. The van der Waals surface area contributed by atoms with Crippen molar-refractivity contribution in [3.05, 3.63) is 57.9 Å². The van der Waals surface area contributed by atoms with Crippen LogP contribution in [0.3, 0.4) is 0 Å². The van der Waals surface area contributed by atoms with Crippen LogP contribution in [0.2, 0.25) is 0 Å². The van der Waals surface area contributed by atoms with Crippen LogP contribution in [-0.4, -0.2) is 4.40 Å². The van der Waals surface area contributed by atoms with Gasteiger partial charge < -0.3 is 0 Å². The van der Waals surface area contributed by atoms with Gasteiger partial charge in [-0.25, -0.2) is 4.57 Å². The van der Waals surface area contributed by atoms with Crippen molar-refractivity contribution in [2.75, 3.05) is 0 Å². The third kappa shape index (κ3) is 1.93. The number of aromatic nitrogens is 2. The molecular formula is C24H29N2S+. The van der Waals surface area contributed by atoms with E-state index in [2.05, 4.69) is 81.7 Å². The molecule has 1 aliphatic rings. The van der Waals surface area contributed by atoms with Gasteiger partial charge in [0.25, 0.3) is 0 Å². The van der Waals surface area contributed by atoms with E-state index in [1.54, 1.807) is 0 Å². The third-order valence-corrected chi connectivity index (χ3v) is 7.82. The number of hydrogen-bond donors (Lipinski definition) is 0. The van der Waals surface area contributed by atoms with E-state index in [9.17, 15) is 0 Å². The number of rotatable bonds is 0. The molecular weight excluding hydrogens is 348 g/mol. The largest absolute Gasteiger partial charge is 0.305 e. The molecule has 1 aliphatic heterocycles. The molecule has 4 heterocycles. The number of pyridine rings is 1. The highest BCUT2D eigenvalue weighted by Crippen LogP contribution is 2.49. The van der Waals surface area contributed by atoms with Crippen LogP contribution < -0.4 is 4.57 Å². The Kier molecular flexibility index (Phi) is 3.68. The maximum atomic E-state index is 2.58. The minimum absolute atomic E-state index is 0. The number of nitrogens with zero attached hydrogens (tertiary/aromatic N) is 2. The zero-order chi connectivity index (χ0) is 18.5. The van der Waals surface area contributed by atoms with Crippen molar-refractivity contribution < 1.29 is 4.57 Å². The fourth-order valence-corrected chi connectivity index (χ4v) is 6.49. The number of hydrogen-bond acceptors (Lipinski definition) is 1. The lowest BCUT2D eigenvalue weighted by molar-refractivity contribution is -0.734. The Labute approximate surface area is 166 Å². The van der Waals surface area contributed by atoms with E-state index in [4.69, 9.17) is 0 Å². The summed E-state index contributed by atoms with van der Waals surface area (Å²) in [4.78, 5) is 1.44. The minimum Gasteiger partial charge on any atom is -0.217 e. The Morgan fingerprint density at radius 2 is 1.59 bits per heavy atom. The van der Waals surface area contributed by atoms with Gasteiger partial charge in [-0.15, -0.1) is 11.3 Å². The lowest BCUT2D eigenvalue weighted by Gasteiger charge is -2.18. The zero-order valence-electron chi connectivity index (χ0n) is 16.6. The molecule has 0 saturated carbocycles. The molecule has 3 aromatic heterocycles. The van der Waals surface area contributed by atoms with Gasteiger partial charge >= 0.3 is 5.82 Å². The average molecular weight is 378 g/mol. The maximum Gasteiger partial charge on any atom is 0.305 e. The van der Waals surface area contributed by atoms with Crippen molar-refractivity contribution in [3.63, 3.8) is 0 Å². The Hall–Kier alpha value is -2.13. The number of thiophene rings is 1. The lowest BCUT2D eigenvalue weighted by atomic mass is 9.93. The first-order valence-corrected chi connectivity index (χ1v) is 10.1. The van der Waals surface area contributed by atoms with Crippen LogP contribution in [-0.2, 0) is 5.54 Å². The summed E-state index contributed by atoms with van der Waals surface area (Å²) >= 11 is 1.94. The summed E-state index contributed by atoms with van der Waals surface area (Å²) in [5.41, 5.74) is 9.80. The van der Waals surface area contributed by atoms with E-state index in [1.165, 1.54) is 59.9 Å². The van der Waals surface area contributed by atoms with Crippen LogP contribution in [0.25, 0.3) is 26.3 Å². The van der Waals surface area contributed by atoms with Gasteiger partial charge in [0.2, 0.25) is 0 Å². The third-order valence-electron chi connectivity index (χ3n) is 6.65. The molecule has 0 bridgehead atoms. The predicted octanol–water partition coefficient (Wildman–Crippen LogP) is 6.38. The Bertz CT molecular complexity index is 1250. The van der Waals surface area contributed by atoms with Gasteiger partial charge in [-0.2, -0.15) is 4.40 Å². The molecule has 0 amide bonds. The van der Waals surface area contributed by atoms with Gasteiger partial charge in [-0.3, -0.25) is 0 Å². The summed E-state index contributed by atoms with van der Waals surface area (Å²) in [7, 11) is 0. The molecule has 2 nitrogen and oxygen atoms in total. The van der Waals surface area contributed by atoms with Crippen LogP contribution >= 0.6 is 11.3 Å². The monoisotopic (exact) mass is 377 g/mol. The first-order chi connectivity index (χ1) is 12.3. The quantitative estimate of drug-likeness (QED) is 0.314. The van der Waals surface area contributed by atoms with Crippen LogP contribution in [0.4, 0.5) is 0 Å². The highest BCUT2D eigenvalue weighted by atomic mass is 32.1. The van der Waals surface area contributed by atoms with E-state index >= 15 is 0 Å². The zero-order valence-corrected chi connectivity index (χ0v) is 17.4. The second-order valence-electron chi connectivity index (χ2n) is 8.25. The van der Waals surface area contributed by atoms with Gasteiger partial charge in [0.15, 0.2) is 5.52 Å². The van der Waals surface area contributed by atoms with E-state index < -0.39 is 0 Å². The molecule has 0 N–H and O–H groups in total. The highest BCUT2D eigenvalue weighted by Gasteiger charge is 2.49. The van der Waals surface area contributed by atoms with Crippen molar-refractivity contribution in [3.8, 4) is 10.7 Å². The van der Waals surface area contributed by atoms with E-state index in [0.29, 0.717) is 0 Å². The second-order valence-corrected chi connectivity index (χ2v) is 9.30. The van der Waals surface area contributed by atoms with Gasteiger partial charge in [0.1, 0.15) is 21.8 Å². The number of imidazole rings is 1. The number of fused-ring (bicyclic) bond motifs is 7. The normalized spacial score (nSPS) is 14.5. The van der Waals surface area contributed by atoms with Gasteiger partial charge in [0, 0.05) is 28.1 Å². The molecule has 0 fully saturated rings. The molecule has 0 spiro atoms. The van der Waals surface area contributed by atoms with Crippen LogP contribution in [0.5, 0.6) is 0 Å². The van der Waals surface area contributed by atoms with E-state index in [1.807, 2.05) is 11.3 Å². The standard InChI is InChI=1S/C23H25N2S.CH4/c1-12-13(2)15(4)24-20(14(12)3)16(5)25-22(24)21-19(23(25,6)7)17-10-8-9-11-18(17)26-21;/h8-11H,1-7H3;1H4/q+1;. The van der Waals surface area contributed by atoms with Crippen molar-refractivity contribution in [1.29, 1.82) is 0 Å². The van der Waals surface area contributed by atoms with Gasteiger partial charge in [-0.05, 0) is 58.7 Å². The van der Waals surface area contributed by atoms with Gasteiger partial charge in [-0.1, -0.05) is 25.6 Å². The van der Waals surface area contributed by atoms with Crippen LogP contribution in [0, 0.1) is 34.6 Å². The fourth-order valence-electron chi connectivity index (χ4n) is 5.11. The average Bonchev–Trinajstić information content (AvgIpc) is 3.20. The molecule has 27 heavy (non-hydrogen) atoms. The van der Waals surface area contributed by atoms with Crippen molar-refractivity contribution in [2.24, 2.45) is 0 Å². The molecule has 0 unspecified atom stereocenters. The molecule has 3 heteroatoms. The fraction of sp³-hybridized carbons (Fsp3) is 0.375. The Morgan fingerprint density at radius 1 is 0.926 bits per heavy atom. The molecule has 0 aliphatic carbocycles. The molecule has 1 aromatic carbocycles. The summed E-state index contributed by atoms with van der Waals surface area (Å²) in [6.45, 7) is 16.1. The molecule has 140 valence electrons. The summed E-state index contributed by atoms with van der Waals surface area (Å²) in [5.74, 6) is 1.36. The molecule has 0 radical (unpaired) electrons. The number of aryl methyl sites for hydroxylation is 3. The molecule has 5 rings (SSSR count). The SMILES string of the molecule is C.Cc1c(C)c(C)n2c3[n+](c(C)c2c1C)C(C)(C)c1c-3sc2ccccc12. The van der Waals surface area contributed by atoms with E-state index in [-0.39, 0.29) is 13.0 Å². The first kappa shape index (κ1) is 18.2. The van der Waals surface area contributed by atoms with Crippen molar-refractivity contribution in [2.45, 2.75) is 61.4 Å². The molecule has 0 atom stereocenters. The summed E-state index contributed by atoms with van der Waals surface area (Å²) < 4.78 is 6.49. The maximum absolute atomic E-state index is 2.58. The van der Waals surface area contributed by atoms with Crippen LogP contribution in [0.15, 0.2) is 24.3 Å². The molecule has 0 saturated heterocycles. The van der Waals surface area contributed by atoms with E-state index in [0.717, 1.165) is 0 Å². The highest BCUT2D eigenvalue weighted by molar-refractivity contribution is 7.22. The van der Waals surface area contributed by atoms with Crippen molar-refractivity contribution in [1.82, 2.24) is 4.40 Å². The van der Waals surface area contributed by atoms with Crippen molar-refractivity contribution >= 4 is 26.9 Å². The first-order valence-electron chi connectivity index (χ1n) is 9.33.